The number of nitrogens with one attached hydrogen (secondary N) is 1. The van der Waals surface area contributed by atoms with Gasteiger partial charge in [0.2, 0.25) is 5.91 Å². The molecule has 1 amide bonds. The van der Waals surface area contributed by atoms with E-state index in [1.807, 2.05) is 11.8 Å². The van der Waals surface area contributed by atoms with E-state index in [1.165, 1.54) is 0 Å². The van der Waals surface area contributed by atoms with Gasteiger partial charge in [0.15, 0.2) is 0 Å². The van der Waals surface area contributed by atoms with Gasteiger partial charge >= 0.3 is 0 Å². The Morgan fingerprint density at radius 1 is 1.53 bits per heavy atom. The van der Waals surface area contributed by atoms with E-state index >= 15 is 0 Å². The minimum atomic E-state index is 0.0668. The van der Waals surface area contributed by atoms with Crippen LogP contribution in [-0.4, -0.2) is 49.7 Å². The van der Waals surface area contributed by atoms with E-state index < -0.39 is 0 Å². The second-order valence-electron chi connectivity index (χ2n) is 3.87. The Labute approximate surface area is 92.0 Å². The van der Waals surface area contributed by atoms with Gasteiger partial charge < -0.3 is 15.0 Å². The van der Waals surface area contributed by atoms with Crippen LogP contribution in [0.4, 0.5) is 0 Å². The van der Waals surface area contributed by atoms with Gasteiger partial charge in [-0.15, -0.1) is 0 Å². The molecule has 0 aromatic rings. The molecule has 1 fully saturated rings. The number of amides is 1. The van der Waals surface area contributed by atoms with Gasteiger partial charge in [0.25, 0.3) is 0 Å². The second-order valence-corrected chi connectivity index (χ2v) is 3.87. The Morgan fingerprint density at radius 3 is 2.87 bits per heavy atom. The van der Waals surface area contributed by atoms with Crippen LogP contribution in [0, 0.1) is 0 Å². The van der Waals surface area contributed by atoms with Gasteiger partial charge in [-0.05, 0) is 13.3 Å². The number of nitrogens with zero attached hydrogens (tertiary/aromatic N) is 1. The standard InChI is InChI=1S/C11H22N2O2/c1-3-6-13(4-2)11(14)8-10-9-12-5-7-15-10/h10,12H,3-9H2,1-2H3. The zero-order valence-corrected chi connectivity index (χ0v) is 9.79. The molecule has 0 saturated carbocycles. The summed E-state index contributed by atoms with van der Waals surface area (Å²) in [6.45, 7) is 8.19. The molecule has 1 rings (SSSR count). The number of hydrogen-bond donors (Lipinski definition) is 1. The van der Waals surface area contributed by atoms with Crippen molar-refractivity contribution in [3.63, 3.8) is 0 Å². The Bertz CT molecular complexity index is 191. The first kappa shape index (κ1) is 12.5. The lowest BCUT2D eigenvalue weighted by Crippen LogP contribution is -2.42. The minimum Gasteiger partial charge on any atom is -0.375 e. The van der Waals surface area contributed by atoms with E-state index in [0.29, 0.717) is 6.42 Å². The molecule has 0 spiro atoms. The molecule has 15 heavy (non-hydrogen) atoms. The number of morpholine rings is 1. The van der Waals surface area contributed by atoms with E-state index in [2.05, 4.69) is 12.2 Å². The average Bonchev–Trinajstić information content (AvgIpc) is 2.27. The maximum absolute atomic E-state index is 11.9. The van der Waals surface area contributed by atoms with Crippen molar-refractivity contribution in [3.8, 4) is 0 Å². The average molecular weight is 214 g/mol. The minimum absolute atomic E-state index is 0.0668. The van der Waals surface area contributed by atoms with Crippen molar-refractivity contribution in [3.05, 3.63) is 0 Å². The summed E-state index contributed by atoms with van der Waals surface area (Å²) in [6, 6.07) is 0. The largest absolute Gasteiger partial charge is 0.375 e. The van der Waals surface area contributed by atoms with Crippen LogP contribution in [0.3, 0.4) is 0 Å². The quantitative estimate of drug-likeness (QED) is 0.729. The first-order valence-electron chi connectivity index (χ1n) is 5.88. The summed E-state index contributed by atoms with van der Waals surface area (Å²) in [5, 5.41) is 3.23. The molecule has 0 aliphatic carbocycles. The Balaban J connectivity index is 2.31. The van der Waals surface area contributed by atoms with E-state index in [9.17, 15) is 4.79 Å². The predicted octanol–water partition coefficient (Wildman–Crippen LogP) is 0.623. The van der Waals surface area contributed by atoms with Gasteiger partial charge in [-0.2, -0.15) is 0 Å². The van der Waals surface area contributed by atoms with E-state index in [0.717, 1.165) is 39.2 Å². The van der Waals surface area contributed by atoms with Gasteiger partial charge in [-0.25, -0.2) is 0 Å². The third-order valence-corrected chi connectivity index (χ3v) is 2.63. The van der Waals surface area contributed by atoms with E-state index in [1.54, 1.807) is 0 Å². The number of carbonyl (C=O) groups is 1. The van der Waals surface area contributed by atoms with Crippen LogP contribution in [-0.2, 0) is 9.53 Å². The zero-order chi connectivity index (χ0) is 11.1. The highest BCUT2D eigenvalue weighted by atomic mass is 16.5. The highest BCUT2D eigenvalue weighted by Crippen LogP contribution is 2.05. The van der Waals surface area contributed by atoms with Crippen LogP contribution >= 0.6 is 0 Å². The Hall–Kier alpha value is -0.610. The third-order valence-electron chi connectivity index (χ3n) is 2.63. The van der Waals surface area contributed by atoms with Crippen molar-refractivity contribution in [1.82, 2.24) is 10.2 Å². The molecule has 0 aromatic heterocycles. The summed E-state index contributed by atoms with van der Waals surface area (Å²) < 4.78 is 5.51. The number of ether oxygens (including phenoxy) is 1. The molecule has 0 radical (unpaired) electrons. The van der Waals surface area contributed by atoms with Crippen LogP contribution in [0.15, 0.2) is 0 Å². The van der Waals surface area contributed by atoms with Crippen molar-refractivity contribution in [2.45, 2.75) is 32.8 Å². The summed E-state index contributed by atoms with van der Waals surface area (Å²) in [5.74, 6) is 0.216. The van der Waals surface area contributed by atoms with Crippen molar-refractivity contribution < 1.29 is 9.53 Å². The maximum Gasteiger partial charge on any atom is 0.225 e. The first-order chi connectivity index (χ1) is 7.27. The summed E-state index contributed by atoms with van der Waals surface area (Å²) in [7, 11) is 0. The van der Waals surface area contributed by atoms with E-state index in [4.69, 9.17) is 4.74 Å². The van der Waals surface area contributed by atoms with Crippen molar-refractivity contribution in [1.29, 1.82) is 0 Å². The number of rotatable bonds is 5. The van der Waals surface area contributed by atoms with Crippen LogP contribution in [0.1, 0.15) is 26.7 Å². The number of carbonyl (C=O) groups excluding carboxylic acids is 1. The third kappa shape index (κ3) is 4.18. The summed E-state index contributed by atoms with van der Waals surface area (Å²) in [4.78, 5) is 13.8. The molecule has 0 bridgehead atoms. The molecule has 88 valence electrons. The van der Waals surface area contributed by atoms with Gasteiger partial charge in [0.05, 0.1) is 19.1 Å². The van der Waals surface area contributed by atoms with Crippen molar-refractivity contribution in [2.24, 2.45) is 0 Å². The molecule has 4 heteroatoms. The van der Waals surface area contributed by atoms with Gasteiger partial charge in [-0.1, -0.05) is 6.92 Å². The summed E-state index contributed by atoms with van der Waals surface area (Å²) in [6.07, 6.45) is 1.60. The van der Waals surface area contributed by atoms with Crippen LogP contribution < -0.4 is 5.32 Å². The molecule has 4 nitrogen and oxygen atoms in total. The molecule has 1 N–H and O–H groups in total. The normalized spacial score (nSPS) is 21.3. The highest BCUT2D eigenvalue weighted by Gasteiger charge is 2.20. The number of hydrogen-bond acceptors (Lipinski definition) is 3. The summed E-state index contributed by atoms with van der Waals surface area (Å²) in [5.41, 5.74) is 0. The lowest BCUT2D eigenvalue weighted by Gasteiger charge is -2.26. The topological polar surface area (TPSA) is 41.6 Å². The summed E-state index contributed by atoms with van der Waals surface area (Å²) >= 11 is 0. The molecule has 1 heterocycles. The monoisotopic (exact) mass is 214 g/mol. The van der Waals surface area contributed by atoms with E-state index in [-0.39, 0.29) is 12.0 Å². The van der Waals surface area contributed by atoms with Gasteiger partial charge in [0, 0.05) is 26.2 Å². The van der Waals surface area contributed by atoms with Crippen molar-refractivity contribution >= 4 is 5.91 Å². The fourth-order valence-corrected chi connectivity index (χ4v) is 1.80. The van der Waals surface area contributed by atoms with Crippen LogP contribution in [0.5, 0.6) is 0 Å². The van der Waals surface area contributed by atoms with Crippen molar-refractivity contribution in [2.75, 3.05) is 32.8 Å². The zero-order valence-electron chi connectivity index (χ0n) is 9.79. The maximum atomic E-state index is 11.9. The Kier molecular flexibility index (Phi) is 5.65. The predicted molar refractivity (Wildman–Crippen MR) is 59.8 cm³/mol. The van der Waals surface area contributed by atoms with Gasteiger partial charge in [-0.3, -0.25) is 4.79 Å². The molecule has 1 saturated heterocycles. The molecule has 0 aromatic carbocycles. The smallest absolute Gasteiger partial charge is 0.225 e. The SMILES string of the molecule is CCCN(CC)C(=O)CC1CNCCO1. The molecule has 1 aliphatic rings. The van der Waals surface area contributed by atoms with Crippen LogP contribution in [0.2, 0.25) is 0 Å². The fourth-order valence-electron chi connectivity index (χ4n) is 1.80. The Morgan fingerprint density at radius 2 is 2.33 bits per heavy atom. The first-order valence-corrected chi connectivity index (χ1v) is 5.88. The van der Waals surface area contributed by atoms with Gasteiger partial charge in [0.1, 0.15) is 0 Å². The fraction of sp³-hybridized carbons (Fsp3) is 0.909. The molecular weight excluding hydrogens is 192 g/mol. The molecule has 1 unspecified atom stereocenters. The lowest BCUT2D eigenvalue weighted by molar-refractivity contribution is -0.134. The second kappa shape index (κ2) is 6.80. The molecule has 1 atom stereocenters. The highest BCUT2D eigenvalue weighted by molar-refractivity contribution is 5.76. The van der Waals surface area contributed by atoms with Crippen LogP contribution in [0.25, 0.3) is 0 Å². The molecular formula is C11H22N2O2. The lowest BCUT2D eigenvalue weighted by atomic mass is 10.2. The molecule has 1 aliphatic heterocycles.